The second-order valence-corrected chi connectivity index (χ2v) is 7.93. The third-order valence-electron chi connectivity index (χ3n) is 5.53. The Bertz CT molecular complexity index is 888. The van der Waals surface area contributed by atoms with Crippen LogP contribution in [0.1, 0.15) is 49.5 Å². The van der Waals surface area contributed by atoms with Gasteiger partial charge in [-0.25, -0.2) is 14.7 Å². The van der Waals surface area contributed by atoms with Crippen LogP contribution in [0.25, 0.3) is 0 Å². The molecule has 1 aliphatic heterocycles. The van der Waals surface area contributed by atoms with Crippen LogP contribution in [0.4, 0.5) is 10.2 Å². The van der Waals surface area contributed by atoms with Gasteiger partial charge in [-0.15, -0.1) is 0 Å². The Morgan fingerprint density at radius 1 is 1.35 bits per heavy atom. The highest BCUT2D eigenvalue weighted by Gasteiger charge is 2.31. The van der Waals surface area contributed by atoms with E-state index >= 15 is 0 Å². The number of methoxy groups -OCH3 is 1. The molecule has 0 aliphatic carbocycles. The summed E-state index contributed by atoms with van der Waals surface area (Å²) in [5.74, 6) is -1.32. The lowest BCUT2D eigenvalue weighted by atomic mass is 9.99. The number of hydrogen-bond acceptors (Lipinski definition) is 6. The predicted molar refractivity (Wildman–Crippen MR) is 119 cm³/mol. The molecule has 0 bridgehead atoms. The van der Waals surface area contributed by atoms with Gasteiger partial charge in [0, 0.05) is 30.4 Å². The molecule has 1 unspecified atom stereocenters. The molecule has 0 saturated carbocycles. The zero-order valence-corrected chi connectivity index (χ0v) is 19.3. The summed E-state index contributed by atoms with van der Waals surface area (Å²) >= 11 is 6.14. The molecule has 9 heteroatoms. The number of hydrogen-bond donors (Lipinski definition) is 1. The number of rotatable bonds is 7. The van der Waals surface area contributed by atoms with Crippen molar-refractivity contribution >= 4 is 34.9 Å². The molecular weight excluding hydrogens is 425 g/mol. The van der Waals surface area contributed by atoms with Crippen molar-refractivity contribution in [3.05, 3.63) is 40.1 Å². The summed E-state index contributed by atoms with van der Waals surface area (Å²) in [6.45, 7) is 8.28. The number of nitrogens with zero attached hydrogens (tertiary/aromatic N) is 2. The van der Waals surface area contributed by atoms with Gasteiger partial charge < -0.3 is 15.0 Å². The first-order valence-corrected chi connectivity index (χ1v) is 10.5. The fourth-order valence-corrected chi connectivity index (χ4v) is 3.60. The van der Waals surface area contributed by atoms with Gasteiger partial charge >= 0.3 is 5.97 Å². The van der Waals surface area contributed by atoms with Crippen LogP contribution in [0, 0.1) is 6.92 Å². The van der Waals surface area contributed by atoms with E-state index in [0.717, 1.165) is 17.7 Å². The van der Waals surface area contributed by atoms with Crippen molar-refractivity contribution in [1.82, 2.24) is 5.32 Å². The first-order chi connectivity index (χ1) is 14.7. The predicted octanol–water partition coefficient (Wildman–Crippen LogP) is 4.09. The lowest BCUT2D eigenvalue weighted by Gasteiger charge is -2.39. The first kappa shape index (κ1) is 24.8. The van der Waals surface area contributed by atoms with Gasteiger partial charge in [0.05, 0.1) is 17.7 Å². The monoisotopic (exact) mass is 453 g/mol. The summed E-state index contributed by atoms with van der Waals surface area (Å²) in [5.41, 5.74) is 2.73. The van der Waals surface area contributed by atoms with E-state index in [0.29, 0.717) is 30.2 Å². The van der Waals surface area contributed by atoms with Crippen molar-refractivity contribution in [3.63, 3.8) is 0 Å². The number of anilines is 1. The van der Waals surface area contributed by atoms with Gasteiger partial charge in [0.2, 0.25) is 0 Å². The van der Waals surface area contributed by atoms with Crippen LogP contribution in [0.3, 0.4) is 0 Å². The number of allylic oxidation sites excluding steroid dienone is 1. The quantitative estimate of drug-likeness (QED) is 0.497. The molecular formula is C22H29ClFN3O4. The number of amides is 1. The molecule has 0 spiro atoms. The number of carbonyl (C=O) groups excluding carboxylic acids is 2. The van der Waals surface area contributed by atoms with E-state index in [-0.39, 0.29) is 29.3 Å². The van der Waals surface area contributed by atoms with Gasteiger partial charge in [-0.1, -0.05) is 24.6 Å². The molecule has 1 aromatic carbocycles. The SMILES string of the molecule is CC/C(C)=C(Cl)/N=C(\C)C(=O)NC1CCN(c2ccc(C)c(C(=O)OF)c2)C[C@@H]1OC. The number of ether oxygens (including phenoxy) is 1. The smallest absolute Gasteiger partial charge is 0.377 e. The van der Waals surface area contributed by atoms with Gasteiger partial charge in [0.25, 0.3) is 5.91 Å². The highest BCUT2D eigenvalue weighted by Crippen LogP contribution is 2.25. The van der Waals surface area contributed by atoms with Crippen molar-refractivity contribution in [2.75, 3.05) is 25.1 Å². The molecule has 0 radical (unpaired) electrons. The van der Waals surface area contributed by atoms with Gasteiger partial charge in [-0.05, 0) is 56.9 Å². The maximum absolute atomic E-state index is 12.6. The summed E-state index contributed by atoms with van der Waals surface area (Å²) in [7, 11) is 1.58. The fraction of sp³-hybridized carbons (Fsp3) is 0.500. The molecule has 2 atom stereocenters. The summed E-state index contributed by atoms with van der Waals surface area (Å²) in [6, 6.07) is 4.99. The Morgan fingerprint density at radius 3 is 2.68 bits per heavy atom. The van der Waals surface area contributed by atoms with E-state index in [2.05, 4.69) is 15.3 Å². The lowest BCUT2D eigenvalue weighted by Crippen LogP contribution is -2.55. The van der Waals surface area contributed by atoms with Crippen LogP contribution in [0.2, 0.25) is 0 Å². The van der Waals surface area contributed by atoms with E-state index in [4.69, 9.17) is 16.3 Å². The molecule has 7 nitrogen and oxygen atoms in total. The van der Waals surface area contributed by atoms with E-state index in [1.54, 1.807) is 33.1 Å². The standard InChI is InChI=1S/C22H29ClFN3O4/c1-6-13(2)20(23)25-15(4)21(28)26-18-9-10-27(12-19(18)30-5)16-8-7-14(3)17(11-16)22(29)31-24/h7-8,11,18-19H,6,9-10,12H2,1-5H3,(H,26,28)/b20-13+,25-15+/t18?,19-/m0/s1. The summed E-state index contributed by atoms with van der Waals surface area (Å²) in [5, 5.41) is 3.30. The summed E-state index contributed by atoms with van der Waals surface area (Å²) in [6.07, 6.45) is 1.09. The van der Waals surface area contributed by atoms with Gasteiger partial charge in [-0.3, -0.25) is 4.79 Å². The molecule has 1 aromatic rings. The minimum Gasteiger partial charge on any atom is -0.377 e. The second-order valence-electron chi connectivity index (χ2n) is 7.57. The molecule has 1 saturated heterocycles. The molecule has 170 valence electrons. The summed E-state index contributed by atoms with van der Waals surface area (Å²) < 4.78 is 18.0. The van der Waals surface area contributed by atoms with Crippen LogP contribution in [-0.2, 0) is 14.5 Å². The maximum atomic E-state index is 12.6. The number of piperidine rings is 1. The van der Waals surface area contributed by atoms with E-state index < -0.39 is 5.97 Å². The maximum Gasteiger partial charge on any atom is 0.379 e. The van der Waals surface area contributed by atoms with E-state index in [9.17, 15) is 14.1 Å². The third kappa shape index (κ3) is 6.27. The number of aliphatic imine (C=N–C) groups is 1. The van der Waals surface area contributed by atoms with Gasteiger partial charge in [-0.2, -0.15) is 0 Å². The van der Waals surface area contributed by atoms with Crippen LogP contribution >= 0.6 is 11.6 Å². The Kier molecular flexibility index (Phi) is 9.00. The van der Waals surface area contributed by atoms with Crippen molar-refractivity contribution < 1.29 is 23.8 Å². The summed E-state index contributed by atoms with van der Waals surface area (Å²) in [4.78, 5) is 33.8. The van der Waals surface area contributed by atoms with Crippen molar-refractivity contribution in [2.24, 2.45) is 4.99 Å². The van der Waals surface area contributed by atoms with Crippen molar-refractivity contribution in [3.8, 4) is 0 Å². The highest BCUT2D eigenvalue weighted by molar-refractivity contribution is 6.40. The fourth-order valence-electron chi connectivity index (χ4n) is 3.34. The van der Waals surface area contributed by atoms with Crippen molar-refractivity contribution in [2.45, 2.75) is 52.7 Å². The number of nitrogens with one attached hydrogen (secondary N) is 1. The van der Waals surface area contributed by atoms with E-state index in [1.807, 2.05) is 24.8 Å². The normalized spacial score (nSPS) is 20.2. The van der Waals surface area contributed by atoms with Crippen molar-refractivity contribution in [1.29, 1.82) is 0 Å². The topological polar surface area (TPSA) is 80.2 Å². The number of benzene rings is 1. The van der Waals surface area contributed by atoms with Crippen LogP contribution in [-0.4, -0.2) is 49.9 Å². The van der Waals surface area contributed by atoms with E-state index in [1.165, 1.54) is 0 Å². The Balaban J connectivity index is 2.11. The zero-order valence-electron chi connectivity index (χ0n) is 18.5. The molecule has 0 aromatic heterocycles. The lowest BCUT2D eigenvalue weighted by molar-refractivity contribution is -0.116. The molecule has 1 fully saturated rings. The molecule has 31 heavy (non-hydrogen) atoms. The van der Waals surface area contributed by atoms with Crippen LogP contribution in [0.5, 0.6) is 0 Å². The number of halogens is 2. The average molecular weight is 454 g/mol. The number of aryl methyl sites for hydroxylation is 1. The number of carbonyl (C=O) groups is 2. The molecule has 1 aliphatic rings. The molecule has 1 amide bonds. The Morgan fingerprint density at radius 2 is 2.06 bits per heavy atom. The average Bonchev–Trinajstić information content (AvgIpc) is 2.78. The molecule has 1 N–H and O–H groups in total. The Hall–Kier alpha value is -2.45. The van der Waals surface area contributed by atoms with Crippen LogP contribution in [0.15, 0.2) is 33.9 Å². The van der Waals surface area contributed by atoms with Crippen LogP contribution < -0.4 is 10.2 Å². The van der Waals surface area contributed by atoms with Gasteiger partial charge in [0.15, 0.2) is 0 Å². The first-order valence-electron chi connectivity index (χ1n) is 10.1. The minimum atomic E-state index is -1.02. The zero-order chi connectivity index (χ0) is 23.1. The largest absolute Gasteiger partial charge is 0.379 e. The molecule has 1 heterocycles. The second kappa shape index (κ2) is 11.2. The van der Waals surface area contributed by atoms with Gasteiger partial charge in [0.1, 0.15) is 10.9 Å². The minimum absolute atomic E-state index is 0.170. The third-order valence-corrected chi connectivity index (χ3v) is 5.94. The highest BCUT2D eigenvalue weighted by atomic mass is 35.5. The molecule has 2 rings (SSSR count). The Labute approximate surface area is 187 Å².